The zero-order valence-electron chi connectivity index (χ0n) is 13.3. The summed E-state index contributed by atoms with van der Waals surface area (Å²) in [6, 6.07) is 14.4. The summed E-state index contributed by atoms with van der Waals surface area (Å²) in [6.07, 6.45) is 11.5. The second kappa shape index (κ2) is 6.88. The summed E-state index contributed by atoms with van der Waals surface area (Å²) in [6.45, 7) is 2.08. The van der Waals surface area contributed by atoms with Gasteiger partial charge in [-0.15, -0.1) is 0 Å². The lowest BCUT2D eigenvalue weighted by atomic mass is 10.1. The molecular formula is C20H19N3. The van der Waals surface area contributed by atoms with Crippen LogP contribution in [-0.2, 0) is 7.05 Å². The molecule has 0 aliphatic rings. The molecule has 0 unspecified atom stereocenters. The summed E-state index contributed by atoms with van der Waals surface area (Å²) in [7, 11) is 2.01. The van der Waals surface area contributed by atoms with Crippen LogP contribution in [0.3, 0.4) is 0 Å². The number of nitrogens with zero attached hydrogens (tertiary/aromatic N) is 3. The molecule has 0 amide bonds. The molecule has 0 aliphatic carbocycles. The fourth-order valence-corrected chi connectivity index (χ4v) is 2.48. The fraction of sp³-hybridized carbons (Fsp3) is 0.100. The van der Waals surface area contributed by atoms with Gasteiger partial charge in [0.15, 0.2) is 0 Å². The van der Waals surface area contributed by atoms with Crippen LogP contribution in [0.25, 0.3) is 21.9 Å². The van der Waals surface area contributed by atoms with Gasteiger partial charge in [0.2, 0.25) is 0 Å². The van der Waals surface area contributed by atoms with Crippen LogP contribution in [0, 0.1) is 6.92 Å². The fourth-order valence-electron chi connectivity index (χ4n) is 2.48. The van der Waals surface area contributed by atoms with Gasteiger partial charge in [0.1, 0.15) is 0 Å². The third kappa shape index (κ3) is 3.64. The number of hydrogen-bond donors (Lipinski definition) is 0. The van der Waals surface area contributed by atoms with Crippen LogP contribution in [0.15, 0.2) is 79.6 Å². The summed E-state index contributed by atoms with van der Waals surface area (Å²) < 4.78 is 2.03. The summed E-state index contributed by atoms with van der Waals surface area (Å²) in [4.78, 5) is 8.17. The molecule has 4 aromatic rings. The van der Waals surface area contributed by atoms with Crippen molar-refractivity contribution in [3.63, 3.8) is 0 Å². The van der Waals surface area contributed by atoms with E-state index in [0.717, 1.165) is 5.56 Å². The first-order valence-electron chi connectivity index (χ1n) is 7.56. The summed E-state index contributed by atoms with van der Waals surface area (Å²) in [5.41, 5.74) is 3.62. The molecule has 3 heteroatoms. The van der Waals surface area contributed by atoms with E-state index < -0.39 is 0 Å². The topological polar surface area (TPSA) is 30.7 Å². The quantitative estimate of drug-likeness (QED) is 0.513. The summed E-state index contributed by atoms with van der Waals surface area (Å²) >= 11 is 0. The maximum atomic E-state index is 4.11. The second-order valence-corrected chi connectivity index (χ2v) is 5.48. The van der Waals surface area contributed by atoms with Gasteiger partial charge in [-0.05, 0) is 30.0 Å². The maximum absolute atomic E-state index is 4.11. The molecular weight excluding hydrogens is 282 g/mol. The number of hydrogen-bond acceptors (Lipinski definition) is 2. The Morgan fingerprint density at radius 3 is 2.39 bits per heavy atom. The molecule has 1 aromatic carbocycles. The van der Waals surface area contributed by atoms with Gasteiger partial charge in [0, 0.05) is 60.7 Å². The van der Waals surface area contributed by atoms with Crippen molar-refractivity contribution in [1.29, 1.82) is 0 Å². The van der Waals surface area contributed by atoms with Crippen molar-refractivity contribution in [3.8, 4) is 11.1 Å². The van der Waals surface area contributed by atoms with E-state index in [1.807, 2.05) is 48.5 Å². The molecule has 0 N–H and O–H groups in total. The Labute approximate surface area is 136 Å². The minimum absolute atomic E-state index is 1.16. The van der Waals surface area contributed by atoms with E-state index in [0.29, 0.717) is 0 Å². The van der Waals surface area contributed by atoms with Crippen molar-refractivity contribution in [2.24, 2.45) is 7.05 Å². The Bertz CT molecular complexity index is 890. The predicted molar refractivity (Wildman–Crippen MR) is 95.1 cm³/mol. The van der Waals surface area contributed by atoms with Gasteiger partial charge in [-0.25, -0.2) is 0 Å². The highest BCUT2D eigenvalue weighted by molar-refractivity contribution is 5.84. The number of pyridine rings is 2. The van der Waals surface area contributed by atoms with E-state index in [1.165, 1.54) is 21.9 Å². The van der Waals surface area contributed by atoms with Crippen molar-refractivity contribution < 1.29 is 0 Å². The number of benzene rings is 1. The molecule has 23 heavy (non-hydrogen) atoms. The predicted octanol–water partition coefficient (Wildman–Crippen LogP) is 4.63. The van der Waals surface area contributed by atoms with Gasteiger partial charge in [-0.1, -0.05) is 30.3 Å². The third-order valence-corrected chi connectivity index (χ3v) is 3.69. The molecule has 3 aromatic heterocycles. The van der Waals surface area contributed by atoms with Gasteiger partial charge < -0.3 is 4.57 Å². The average molecular weight is 301 g/mol. The third-order valence-electron chi connectivity index (χ3n) is 3.69. The van der Waals surface area contributed by atoms with E-state index in [4.69, 9.17) is 0 Å². The molecule has 0 fully saturated rings. The van der Waals surface area contributed by atoms with Crippen LogP contribution in [0.2, 0.25) is 0 Å². The molecule has 0 atom stereocenters. The Kier molecular flexibility index (Phi) is 4.48. The smallest absolute Gasteiger partial charge is 0.0346 e. The van der Waals surface area contributed by atoms with Crippen LogP contribution < -0.4 is 0 Å². The Morgan fingerprint density at radius 1 is 0.826 bits per heavy atom. The molecule has 0 radical (unpaired) electrons. The lowest BCUT2D eigenvalue weighted by molar-refractivity contribution is 0.928. The highest BCUT2D eigenvalue weighted by atomic mass is 14.9. The van der Waals surface area contributed by atoms with E-state index in [-0.39, 0.29) is 0 Å². The molecule has 3 nitrogen and oxygen atoms in total. The SMILES string of the molecule is Cc1cncc2ccccc12.Cn1ccc(-c2cccnc2)c1. The zero-order valence-corrected chi connectivity index (χ0v) is 13.3. The van der Waals surface area contributed by atoms with Crippen molar-refractivity contribution in [1.82, 2.24) is 14.5 Å². The number of aryl methyl sites for hydroxylation is 2. The summed E-state index contributed by atoms with van der Waals surface area (Å²) in [5.74, 6) is 0. The standard InChI is InChI=1S/C10H10N2.C10H9N/c1-12-6-4-10(8-12)9-3-2-5-11-7-9;1-8-6-11-7-9-4-2-3-5-10(8)9/h2-8H,1H3;2-7H,1H3. The molecule has 0 aliphatic heterocycles. The van der Waals surface area contributed by atoms with Crippen molar-refractivity contribution in [2.75, 3.05) is 0 Å². The molecule has 4 rings (SSSR count). The number of fused-ring (bicyclic) bond motifs is 1. The molecule has 0 spiro atoms. The minimum atomic E-state index is 1.16. The van der Waals surface area contributed by atoms with Crippen LogP contribution in [-0.4, -0.2) is 14.5 Å². The Morgan fingerprint density at radius 2 is 1.70 bits per heavy atom. The van der Waals surface area contributed by atoms with E-state index in [9.17, 15) is 0 Å². The van der Waals surface area contributed by atoms with Crippen LogP contribution in [0.5, 0.6) is 0 Å². The van der Waals surface area contributed by atoms with Crippen molar-refractivity contribution >= 4 is 10.8 Å². The first kappa shape index (κ1) is 15.0. The van der Waals surface area contributed by atoms with Gasteiger partial charge in [-0.3, -0.25) is 9.97 Å². The van der Waals surface area contributed by atoms with Gasteiger partial charge in [0.05, 0.1) is 0 Å². The monoisotopic (exact) mass is 301 g/mol. The van der Waals surface area contributed by atoms with Gasteiger partial charge in [0.25, 0.3) is 0 Å². The Balaban J connectivity index is 0.000000136. The van der Waals surface area contributed by atoms with E-state index in [1.54, 1.807) is 6.20 Å². The average Bonchev–Trinajstić information content (AvgIpc) is 3.03. The van der Waals surface area contributed by atoms with Crippen LogP contribution >= 0.6 is 0 Å². The first-order chi connectivity index (χ1) is 11.2. The maximum Gasteiger partial charge on any atom is 0.0346 e. The number of rotatable bonds is 1. The molecule has 114 valence electrons. The largest absolute Gasteiger partial charge is 0.357 e. The van der Waals surface area contributed by atoms with Crippen molar-refractivity contribution in [3.05, 3.63) is 85.2 Å². The van der Waals surface area contributed by atoms with E-state index >= 15 is 0 Å². The highest BCUT2D eigenvalue weighted by Gasteiger charge is 1.96. The Hall–Kier alpha value is -2.94. The molecule has 0 saturated heterocycles. The van der Waals surface area contributed by atoms with Gasteiger partial charge >= 0.3 is 0 Å². The lowest BCUT2D eigenvalue weighted by Crippen LogP contribution is -1.79. The minimum Gasteiger partial charge on any atom is -0.357 e. The first-order valence-corrected chi connectivity index (χ1v) is 7.56. The number of aromatic nitrogens is 3. The van der Waals surface area contributed by atoms with Crippen LogP contribution in [0.4, 0.5) is 0 Å². The van der Waals surface area contributed by atoms with E-state index in [2.05, 4.69) is 53.4 Å². The lowest BCUT2D eigenvalue weighted by Gasteiger charge is -1.98. The summed E-state index contributed by atoms with van der Waals surface area (Å²) in [5, 5.41) is 2.51. The molecule has 0 saturated carbocycles. The molecule has 0 bridgehead atoms. The van der Waals surface area contributed by atoms with Crippen LogP contribution in [0.1, 0.15) is 5.56 Å². The molecule has 3 heterocycles. The normalized spacial score (nSPS) is 10.2. The highest BCUT2D eigenvalue weighted by Crippen LogP contribution is 2.17. The second-order valence-electron chi connectivity index (χ2n) is 5.48. The zero-order chi connectivity index (χ0) is 16.1. The van der Waals surface area contributed by atoms with Gasteiger partial charge in [-0.2, -0.15) is 0 Å². The van der Waals surface area contributed by atoms with Crippen molar-refractivity contribution in [2.45, 2.75) is 6.92 Å².